The van der Waals surface area contributed by atoms with Gasteiger partial charge in [-0.3, -0.25) is 9.89 Å². The summed E-state index contributed by atoms with van der Waals surface area (Å²) in [5.74, 6) is 0.784. The van der Waals surface area contributed by atoms with Gasteiger partial charge in [-0.1, -0.05) is 0 Å². The van der Waals surface area contributed by atoms with Crippen LogP contribution in [-0.4, -0.2) is 68.6 Å². The van der Waals surface area contributed by atoms with Crippen LogP contribution in [0.3, 0.4) is 0 Å². The van der Waals surface area contributed by atoms with E-state index >= 15 is 0 Å². The predicted molar refractivity (Wildman–Crippen MR) is 101 cm³/mol. The normalized spacial score (nSPS) is 24.9. The van der Waals surface area contributed by atoms with E-state index in [9.17, 15) is 9.59 Å². The molecule has 8 heteroatoms. The molecular formula is C20H24N6O2. The SMILES string of the molecule is O=C1CCC2(CN(C(=O)N3CC4(CC(Cc5ccc6[nH]ncc6n5)C4)C3)C2)N1. The van der Waals surface area contributed by atoms with Crippen molar-refractivity contribution >= 4 is 23.0 Å². The Balaban J connectivity index is 0.989. The van der Waals surface area contributed by atoms with Crippen molar-refractivity contribution in [3.8, 4) is 0 Å². The van der Waals surface area contributed by atoms with Crippen LogP contribution in [0.1, 0.15) is 31.4 Å². The Morgan fingerprint density at radius 1 is 1.18 bits per heavy atom. The number of hydrogen-bond acceptors (Lipinski definition) is 4. The molecule has 146 valence electrons. The maximum Gasteiger partial charge on any atom is 0.320 e. The minimum atomic E-state index is -0.125. The van der Waals surface area contributed by atoms with Gasteiger partial charge in [0.1, 0.15) is 5.52 Å². The molecule has 0 atom stereocenters. The molecule has 6 rings (SSSR count). The van der Waals surface area contributed by atoms with Gasteiger partial charge in [0.2, 0.25) is 5.91 Å². The van der Waals surface area contributed by atoms with Gasteiger partial charge in [0.05, 0.1) is 17.3 Å². The minimum absolute atomic E-state index is 0.122. The zero-order valence-corrected chi connectivity index (χ0v) is 15.8. The number of aromatic amines is 1. The Labute approximate surface area is 162 Å². The van der Waals surface area contributed by atoms with Crippen LogP contribution in [0.5, 0.6) is 0 Å². The minimum Gasteiger partial charge on any atom is -0.347 e. The molecular weight excluding hydrogens is 356 g/mol. The van der Waals surface area contributed by atoms with Crippen molar-refractivity contribution in [2.24, 2.45) is 11.3 Å². The third kappa shape index (κ3) is 2.43. The highest BCUT2D eigenvalue weighted by atomic mass is 16.2. The molecule has 3 aliphatic heterocycles. The molecule has 1 saturated carbocycles. The number of aromatic nitrogens is 3. The van der Waals surface area contributed by atoms with Crippen LogP contribution >= 0.6 is 0 Å². The van der Waals surface area contributed by atoms with E-state index in [-0.39, 0.29) is 17.5 Å². The Kier molecular flexibility index (Phi) is 3.18. The number of pyridine rings is 1. The third-order valence-corrected chi connectivity index (χ3v) is 7.11. The first kappa shape index (κ1) is 16.3. The van der Waals surface area contributed by atoms with Gasteiger partial charge in [-0.15, -0.1) is 0 Å². The molecule has 0 bridgehead atoms. The van der Waals surface area contributed by atoms with Crippen molar-refractivity contribution < 1.29 is 9.59 Å². The van der Waals surface area contributed by atoms with Gasteiger partial charge in [-0.25, -0.2) is 9.78 Å². The van der Waals surface area contributed by atoms with Crippen molar-refractivity contribution in [3.05, 3.63) is 24.0 Å². The predicted octanol–water partition coefficient (Wildman–Crippen LogP) is 1.30. The van der Waals surface area contributed by atoms with Gasteiger partial charge in [0, 0.05) is 43.7 Å². The number of rotatable bonds is 2. The lowest BCUT2D eigenvalue weighted by molar-refractivity contribution is -0.120. The summed E-state index contributed by atoms with van der Waals surface area (Å²) in [4.78, 5) is 32.6. The van der Waals surface area contributed by atoms with Gasteiger partial charge in [0.15, 0.2) is 0 Å². The van der Waals surface area contributed by atoms with Crippen LogP contribution < -0.4 is 5.32 Å². The molecule has 2 N–H and O–H groups in total. The van der Waals surface area contributed by atoms with E-state index in [0.29, 0.717) is 30.8 Å². The molecule has 0 unspecified atom stereocenters. The molecule has 4 fully saturated rings. The number of likely N-dealkylation sites (tertiary alicyclic amines) is 2. The van der Waals surface area contributed by atoms with E-state index in [0.717, 1.165) is 42.7 Å². The van der Waals surface area contributed by atoms with Crippen LogP contribution in [0.2, 0.25) is 0 Å². The number of carbonyl (C=O) groups excluding carboxylic acids is 2. The number of fused-ring (bicyclic) bond motifs is 1. The molecule has 3 amide bonds. The second kappa shape index (κ2) is 5.46. The second-order valence-electron chi connectivity index (χ2n) is 9.41. The topological polar surface area (TPSA) is 94.2 Å². The monoisotopic (exact) mass is 380 g/mol. The molecule has 2 aromatic heterocycles. The summed E-state index contributed by atoms with van der Waals surface area (Å²) in [5.41, 5.74) is 3.25. The highest BCUT2D eigenvalue weighted by Crippen LogP contribution is 2.53. The van der Waals surface area contributed by atoms with Crippen molar-refractivity contribution in [1.29, 1.82) is 0 Å². The lowest BCUT2D eigenvalue weighted by Crippen LogP contribution is -2.73. The highest BCUT2D eigenvalue weighted by Gasteiger charge is 2.56. The Morgan fingerprint density at radius 3 is 2.71 bits per heavy atom. The molecule has 3 saturated heterocycles. The Bertz CT molecular complexity index is 964. The summed E-state index contributed by atoms with van der Waals surface area (Å²) in [6, 6.07) is 4.28. The molecule has 1 aliphatic carbocycles. The van der Waals surface area contributed by atoms with Crippen molar-refractivity contribution in [2.45, 2.75) is 37.6 Å². The van der Waals surface area contributed by atoms with Crippen LogP contribution in [0, 0.1) is 11.3 Å². The third-order valence-electron chi connectivity index (χ3n) is 7.11. The second-order valence-corrected chi connectivity index (χ2v) is 9.41. The van der Waals surface area contributed by atoms with Crippen LogP contribution in [0.25, 0.3) is 11.0 Å². The van der Waals surface area contributed by atoms with Crippen LogP contribution in [0.4, 0.5) is 4.79 Å². The number of H-pyrrole nitrogens is 1. The van der Waals surface area contributed by atoms with Crippen molar-refractivity contribution in [2.75, 3.05) is 26.2 Å². The molecule has 0 radical (unpaired) electrons. The highest BCUT2D eigenvalue weighted by molar-refractivity contribution is 5.82. The zero-order chi connectivity index (χ0) is 18.9. The van der Waals surface area contributed by atoms with E-state index in [2.05, 4.69) is 32.6 Å². The van der Waals surface area contributed by atoms with Gasteiger partial charge < -0.3 is 15.1 Å². The average molecular weight is 380 g/mol. The summed E-state index contributed by atoms with van der Waals surface area (Å²) < 4.78 is 0. The lowest BCUT2D eigenvalue weighted by atomic mass is 9.57. The fourth-order valence-electron chi connectivity index (χ4n) is 5.78. The summed E-state index contributed by atoms with van der Waals surface area (Å²) in [6.07, 6.45) is 6.60. The molecule has 2 aromatic rings. The lowest BCUT2D eigenvalue weighted by Gasteiger charge is -2.61. The number of nitrogens with zero attached hydrogens (tertiary/aromatic N) is 4. The van der Waals surface area contributed by atoms with Gasteiger partial charge in [-0.05, 0) is 43.7 Å². The average Bonchev–Trinajstić information content (AvgIpc) is 3.19. The van der Waals surface area contributed by atoms with E-state index in [1.54, 1.807) is 6.20 Å². The number of hydrogen-bond donors (Lipinski definition) is 2. The number of amides is 3. The molecule has 0 aromatic carbocycles. The first-order valence-electron chi connectivity index (χ1n) is 10.2. The van der Waals surface area contributed by atoms with E-state index in [1.807, 2.05) is 9.80 Å². The van der Waals surface area contributed by atoms with Gasteiger partial charge in [0.25, 0.3) is 0 Å². The first-order valence-corrected chi connectivity index (χ1v) is 10.2. The molecule has 28 heavy (non-hydrogen) atoms. The standard InChI is InChI=1S/C20H24N6O2/c27-17-3-4-20(23-17)11-26(12-20)18(28)25-9-19(10-25)6-13(7-19)5-14-1-2-15-16(22-14)8-21-24-15/h1-2,8,13H,3-7,9-12H2,(H,21,24)(H,23,27). The maximum atomic E-state index is 12.6. The Hall–Kier alpha value is -2.64. The largest absolute Gasteiger partial charge is 0.347 e. The summed E-state index contributed by atoms with van der Waals surface area (Å²) in [7, 11) is 0. The molecule has 8 nitrogen and oxygen atoms in total. The van der Waals surface area contributed by atoms with Crippen LogP contribution in [-0.2, 0) is 11.2 Å². The Morgan fingerprint density at radius 2 is 1.96 bits per heavy atom. The fourth-order valence-corrected chi connectivity index (χ4v) is 5.78. The van der Waals surface area contributed by atoms with Gasteiger partial charge >= 0.3 is 6.03 Å². The molecule has 2 spiro atoms. The fraction of sp³-hybridized carbons (Fsp3) is 0.600. The first-order chi connectivity index (χ1) is 13.5. The number of urea groups is 1. The van der Waals surface area contributed by atoms with E-state index in [4.69, 9.17) is 0 Å². The van der Waals surface area contributed by atoms with Crippen molar-refractivity contribution in [1.82, 2.24) is 30.3 Å². The van der Waals surface area contributed by atoms with E-state index in [1.165, 1.54) is 12.8 Å². The molecule has 4 aliphatic rings. The molecule has 5 heterocycles. The van der Waals surface area contributed by atoms with Gasteiger partial charge in [-0.2, -0.15) is 5.10 Å². The van der Waals surface area contributed by atoms with E-state index < -0.39 is 0 Å². The summed E-state index contributed by atoms with van der Waals surface area (Å²) >= 11 is 0. The summed E-state index contributed by atoms with van der Waals surface area (Å²) in [5, 5.41) is 10.0. The van der Waals surface area contributed by atoms with Crippen LogP contribution in [0.15, 0.2) is 18.3 Å². The van der Waals surface area contributed by atoms with Crippen molar-refractivity contribution in [3.63, 3.8) is 0 Å². The smallest absolute Gasteiger partial charge is 0.320 e. The quantitative estimate of drug-likeness (QED) is 0.821. The zero-order valence-electron chi connectivity index (χ0n) is 15.8. The maximum absolute atomic E-state index is 12.6. The number of nitrogens with one attached hydrogen (secondary N) is 2. The summed E-state index contributed by atoms with van der Waals surface area (Å²) in [6.45, 7) is 3.11. The number of carbonyl (C=O) groups is 2.